The molecular weight excluding hydrogens is 279 g/mol. The molecule has 0 saturated carbocycles. The minimum absolute atomic E-state index is 0. The summed E-state index contributed by atoms with van der Waals surface area (Å²) < 4.78 is 0.894. The minimum atomic E-state index is -0.0933. The molecule has 0 aliphatic carbocycles. The molecule has 1 aromatic carbocycles. The van der Waals surface area contributed by atoms with Crippen LogP contribution in [0.4, 0.5) is 0 Å². The van der Waals surface area contributed by atoms with E-state index in [1.165, 1.54) is 0 Å². The van der Waals surface area contributed by atoms with Gasteiger partial charge in [0.2, 0.25) is 0 Å². The van der Waals surface area contributed by atoms with Crippen molar-refractivity contribution in [1.29, 1.82) is 0 Å². The van der Waals surface area contributed by atoms with Gasteiger partial charge in [-0.25, -0.2) is 0 Å². The normalized spacial score (nSPS) is 11.4. The van der Waals surface area contributed by atoms with Gasteiger partial charge in [-0.2, -0.15) is 0 Å². The second-order valence-corrected chi connectivity index (χ2v) is 4.04. The molecule has 0 bridgehead atoms. The molecule has 1 rings (SSSR count). The van der Waals surface area contributed by atoms with Gasteiger partial charge >= 0.3 is 0 Å². The lowest BCUT2D eigenvalue weighted by atomic mass is 10.2. The molecule has 1 amide bonds. The second-order valence-electron chi connectivity index (χ2n) is 3.12. The van der Waals surface area contributed by atoms with E-state index >= 15 is 0 Å². The van der Waals surface area contributed by atoms with Crippen molar-refractivity contribution < 1.29 is 4.79 Å². The molecule has 15 heavy (non-hydrogen) atoms. The maximum atomic E-state index is 11.6. The van der Waals surface area contributed by atoms with Crippen LogP contribution in [-0.2, 0) is 0 Å². The van der Waals surface area contributed by atoms with Crippen LogP contribution < -0.4 is 11.1 Å². The van der Waals surface area contributed by atoms with Crippen molar-refractivity contribution in [1.82, 2.24) is 5.32 Å². The van der Waals surface area contributed by atoms with Gasteiger partial charge in [0.15, 0.2) is 0 Å². The van der Waals surface area contributed by atoms with Crippen molar-refractivity contribution in [2.75, 3.05) is 6.54 Å². The Morgan fingerprint density at radius 3 is 2.80 bits per heavy atom. The highest BCUT2D eigenvalue weighted by molar-refractivity contribution is 9.10. The number of amides is 1. The van der Waals surface area contributed by atoms with E-state index < -0.39 is 0 Å². The van der Waals surface area contributed by atoms with Gasteiger partial charge in [0, 0.05) is 22.6 Å². The molecule has 0 heterocycles. The predicted molar refractivity (Wildman–Crippen MR) is 67.4 cm³/mol. The highest BCUT2D eigenvalue weighted by Crippen LogP contribution is 2.11. The van der Waals surface area contributed by atoms with Crippen LogP contribution in [0.15, 0.2) is 28.7 Å². The topological polar surface area (TPSA) is 55.1 Å². The Morgan fingerprint density at radius 1 is 1.60 bits per heavy atom. The number of hydrogen-bond donors (Lipinski definition) is 2. The summed E-state index contributed by atoms with van der Waals surface area (Å²) >= 11 is 3.31. The first-order valence-corrected chi connectivity index (χ1v) is 5.19. The lowest BCUT2D eigenvalue weighted by Crippen LogP contribution is -2.37. The molecule has 1 atom stereocenters. The third kappa shape index (κ3) is 4.64. The van der Waals surface area contributed by atoms with Crippen molar-refractivity contribution in [3.05, 3.63) is 34.3 Å². The first-order valence-electron chi connectivity index (χ1n) is 4.40. The Hall–Kier alpha value is -0.580. The van der Waals surface area contributed by atoms with Crippen LogP contribution in [0.1, 0.15) is 17.3 Å². The zero-order chi connectivity index (χ0) is 10.6. The van der Waals surface area contributed by atoms with E-state index in [2.05, 4.69) is 21.2 Å². The van der Waals surface area contributed by atoms with E-state index in [1.54, 1.807) is 12.1 Å². The van der Waals surface area contributed by atoms with E-state index in [0.29, 0.717) is 12.1 Å². The Balaban J connectivity index is 0.00000196. The molecule has 0 aromatic heterocycles. The zero-order valence-corrected chi connectivity index (χ0v) is 10.8. The Morgan fingerprint density at radius 2 is 2.27 bits per heavy atom. The third-order valence-electron chi connectivity index (χ3n) is 1.82. The van der Waals surface area contributed by atoms with Crippen molar-refractivity contribution in [3.8, 4) is 0 Å². The lowest BCUT2D eigenvalue weighted by Gasteiger charge is -2.11. The summed E-state index contributed by atoms with van der Waals surface area (Å²) in [5, 5.41) is 2.79. The quantitative estimate of drug-likeness (QED) is 0.895. The van der Waals surface area contributed by atoms with Crippen molar-refractivity contribution in [3.63, 3.8) is 0 Å². The first-order chi connectivity index (χ1) is 6.63. The first kappa shape index (κ1) is 14.4. The maximum Gasteiger partial charge on any atom is 0.251 e. The highest BCUT2D eigenvalue weighted by atomic mass is 79.9. The Labute approximate surface area is 104 Å². The van der Waals surface area contributed by atoms with Crippen LogP contribution in [0.25, 0.3) is 0 Å². The predicted octanol–water partition coefficient (Wildman–Crippen LogP) is 1.95. The van der Waals surface area contributed by atoms with E-state index in [1.807, 2.05) is 19.1 Å². The van der Waals surface area contributed by atoms with Gasteiger partial charge in [0.25, 0.3) is 5.91 Å². The van der Waals surface area contributed by atoms with E-state index in [9.17, 15) is 4.79 Å². The number of carbonyl (C=O) groups is 1. The summed E-state index contributed by atoms with van der Waals surface area (Å²) in [5.74, 6) is -0.0933. The fourth-order valence-electron chi connectivity index (χ4n) is 0.996. The molecule has 0 saturated heterocycles. The van der Waals surface area contributed by atoms with Crippen molar-refractivity contribution >= 4 is 34.2 Å². The lowest BCUT2D eigenvalue weighted by molar-refractivity contribution is 0.0941. The number of nitrogens with one attached hydrogen (secondary N) is 1. The summed E-state index contributed by atoms with van der Waals surface area (Å²) in [4.78, 5) is 11.6. The van der Waals surface area contributed by atoms with Crippen LogP contribution in [0.2, 0.25) is 0 Å². The van der Waals surface area contributed by atoms with Crippen LogP contribution in [0, 0.1) is 0 Å². The molecule has 5 heteroatoms. The van der Waals surface area contributed by atoms with Crippen molar-refractivity contribution in [2.24, 2.45) is 5.73 Å². The summed E-state index contributed by atoms with van der Waals surface area (Å²) in [6.07, 6.45) is 0. The fourth-order valence-corrected chi connectivity index (χ4v) is 1.40. The summed E-state index contributed by atoms with van der Waals surface area (Å²) in [6.45, 7) is 2.32. The molecule has 3 nitrogen and oxygen atoms in total. The minimum Gasteiger partial charge on any atom is -0.348 e. The third-order valence-corrected chi connectivity index (χ3v) is 2.31. The molecule has 0 unspecified atom stereocenters. The van der Waals surface area contributed by atoms with Crippen LogP contribution >= 0.6 is 28.3 Å². The van der Waals surface area contributed by atoms with Gasteiger partial charge in [-0.05, 0) is 25.1 Å². The largest absolute Gasteiger partial charge is 0.348 e. The average Bonchev–Trinajstić information content (AvgIpc) is 2.17. The van der Waals surface area contributed by atoms with E-state index in [0.717, 1.165) is 4.47 Å². The summed E-state index contributed by atoms with van der Waals surface area (Å²) in [5.41, 5.74) is 6.04. The van der Waals surface area contributed by atoms with Crippen LogP contribution in [0.5, 0.6) is 0 Å². The number of rotatable bonds is 3. The van der Waals surface area contributed by atoms with Crippen LogP contribution in [-0.4, -0.2) is 18.5 Å². The number of nitrogens with two attached hydrogens (primary N) is 1. The molecule has 0 spiro atoms. The van der Waals surface area contributed by atoms with Gasteiger partial charge in [-0.1, -0.05) is 22.0 Å². The van der Waals surface area contributed by atoms with Gasteiger partial charge in [-0.15, -0.1) is 12.4 Å². The number of benzene rings is 1. The van der Waals surface area contributed by atoms with Gasteiger partial charge < -0.3 is 11.1 Å². The number of carbonyl (C=O) groups excluding carboxylic acids is 1. The van der Waals surface area contributed by atoms with Gasteiger partial charge in [0.05, 0.1) is 0 Å². The second kappa shape index (κ2) is 6.82. The number of halogens is 2. The zero-order valence-electron chi connectivity index (χ0n) is 8.37. The van der Waals surface area contributed by atoms with E-state index in [4.69, 9.17) is 5.73 Å². The monoisotopic (exact) mass is 292 g/mol. The molecule has 84 valence electrons. The molecule has 3 N–H and O–H groups in total. The molecule has 0 aliphatic rings. The fraction of sp³-hybridized carbons (Fsp3) is 0.300. The summed E-state index contributed by atoms with van der Waals surface area (Å²) in [7, 11) is 0. The molecular formula is C10H14BrClN2O. The Kier molecular flexibility index (Phi) is 6.56. The highest BCUT2D eigenvalue weighted by Gasteiger charge is 2.07. The average molecular weight is 294 g/mol. The Bertz CT molecular complexity index is 333. The molecule has 0 radical (unpaired) electrons. The molecule has 0 fully saturated rings. The van der Waals surface area contributed by atoms with Crippen LogP contribution in [0.3, 0.4) is 0 Å². The SMILES string of the molecule is C[C@@H](CN)NC(=O)c1cccc(Br)c1.Cl. The van der Waals surface area contributed by atoms with Crippen molar-refractivity contribution in [2.45, 2.75) is 13.0 Å². The standard InChI is InChI=1S/C10H13BrN2O.ClH/c1-7(6-12)13-10(14)8-3-2-4-9(11)5-8;/h2-5,7H,6,12H2,1H3,(H,13,14);1H/t7-;/m0./s1. The van der Waals surface area contributed by atoms with Gasteiger partial charge in [0.1, 0.15) is 0 Å². The van der Waals surface area contributed by atoms with Gasteiger partial charge in [-0.3, -0.25) is 4.79 Å². The molecule has 1 aromatic rings. The number of hydrogen-bond acceptors (Lipinski definition) is 2. The van der Waals surface area contributed by atoms with E-state index in [-0.39, 0.29) is 24.4 Å². The summed E-state index contributed by atoms with van der Waals surface area (Å²) in [6, 6.07) is 7.25. The molecule has 0 aliphatic heterocycles. The smallest absolute Gasteiger partial charge is 0.251 e. The maximum absolute atomic E-state index is 11.6.